The van der Waals surface area contributed by atoms with E-state index in [0.29, 0.717) is 32.1 Å². The van der Waals surface area contributed by atoms with Crippen molar-refractivity contribution in [3.8, 4) is 0 Å². The van der Waals surface area contributed by atoms with Gasteiger partial charge in [0.2, 0.25) is 0 Å². The van der Waals surface area contributed by atoms with E-state index in [4.69, 9.17) is 0 Å². The molecular formula is C14H20F3N5O. The highest BCUT2D eigenvalue weighted by Gasteiger charge is 2.43. The first kappa shape index (κ1) is 16.3. The minimum Gasteiger partial charge on any atom is -0.349 e. The number of amides is 1. The van der Waals surface area contributed by atoms with Crippen molar-refractivity contribution in [1.29, 1.82) is 0 Å². The van der Waals surface area contributed by atoms with Crippen molar-refractivity contribution < 1.29 is 18.0 Å². The smallest absolute Gasteiger partial charge is 0.349 e. The van der Waals surface area contributed by atoms with Crippen LogP contribution in [-0.2, 0) is 0 Å². The van der Waals surface area contributed by atoms with Crippen LogP contribution in [0.4, 0.5) is 13.2 Å². The molecule has 3 N–H and O–H groups in total. The molecule has 1 aromatic heterocycles. The van der Waals surface area contributed by atoms with Gasteiger partial charge in [-0.25, -0.2) is 4.98 Å². The molecule has 1 saturated heterocycles. The first-order valence-corrected chi connectivity index (χ1v) is 7.79. The summed E-state index contributed by atoms with van der Waals surface area (Å²) in [7, 11) is 0. The molecule has 1 aliphatic carbocycles. The maximum absolute atomic E-state index is 13.2. The molecule has 2 fully saturated rings. The number of hydrogen-bond acceptors (Lipinski definition) is 4. The number of piperazine rings is 1. The Hall–Kier alpha value is -1.61. The van der Waals surface area contributed by atoms with Gasteiger partial charge in [-0.05, 0) is 12.8 Å². The normalized spacial score (nSPS) is 21.2. The molecule has 0 spiro atoms. The fraction of sp³-hybridized carbons (Fsp3) is 0.714. The Morgan fingerprint density at radius 1 is 1.39 bits per heavy atom. The van der Waals surface area contributed by atoms with Crippen molar-refractivity contribution in [1.82, 2.24) is 25.5 Å². The lowest BCUT2D eigenvalue weighted by Crippen LogP contribution is -2.57. The van der Waals surface area contributed by atoms with E-state index in [-0.39, 0.29) is 5.69 Å². The van der Waals surface area contributed by atoms with Gasteiger partial charge >= 0.3 is 6.18 Å². The number of H-pyrrole nitrogens is 1. The highest BCUT2D eigenvalue weighted by Crippen LogP contribution is 2.38. The summed E-state index contributed by atoms with van der Waals surface area (Å²) in [6.07, 6.45) is -0.921. The number of nitrogens with zero attached hydrogens (tertiary/aromatic N) is 2. The quantitative estimate of drug-likeness (QED) is 0.748. The second-order valence-corrected chi connectivity index (χ2v) is 6.01. The van der Waals surface area contributed by atoms with Gasteiger partial charge in [-0.2, -0.15) is 13.2 Å². The van der Waals surface area contributed by atoms with Gasteiger partial charge in [0.1, 0.15) is 17.6 Å². The van der Waals surface area contributed by atoms with Gasteiger partial charge in [-0.1, -0.05) is 0 Å². The Morgan fingerprint density at radius 2 is 2.09 bits per heavy atom. The Morgan fingerprint density at radius 3 is 2.70 bits per heavy atom. The van der Waals surface area contributed by atoms with E-state index in [0.717, 1.165) is 18.7 Å². The highest BCUT2D eigenvalue weighted by atomic mass is 19.4. The summed E-state index contributed by atoms with van der Waals surface area (Å²) in [6.45, 7) is 1.21. The first-order chi connectivity index (χ1) is 10.9. The second-order valence-electron chi connectivity index (χ2n) is 6.01. The van der Waals surface area contributed by atoms with Crippen LogP contribution >= 0.6 is 0 Å². The monoisotopic (exact) mass is 331 g/mol. The van der Waals surface area contributed by atoms with Gasteiger partial charge in [-0.3, -0.25) is 9.69 Å². The highest BCUT2D eigenvalue weighted by molar-refractivity contribution is 5.92. The van der Waals surface area contributed by atoms with E-state index in [1.165, 1.54) is 11.1 Å². The summed E-state index contributed by atoms with van der Waals surface area (Å²) in [5.41, 5.74) is 0.216. The molecule has 2 aliphatic rings. The number of imidazole rings is 1. The Kier molecular flexibility index (Phi) is 4.58. The summed E-state index contributed by atoms with van der Waals surface area (Å²) >= 11 is 0. The molecule has 1 unspecified atom stereocenters. The van der Waals surface area contributed by atoms with Crippen LogP contribution < -0.4 is 10.6 Å². The van der Waals surface area contributed by atoms with E-state index in [2.05, 4.69) is 20.6 Å². The number of carbonyl (C=O) groups is 1. The molecule has 1 atom stereocenters. The number of aromatic nitrogens is 2. The predicted molar refractivity (Wildman–Crippen MR) is 77.2 cm³/mol. The standard InChI is InChI=1S/C14H20F3N5O/c15-14(16,17)11(22-5-3-18-4-6-22)8-20-13(23)10-7-19-12(21-10)9-1-2-9/h7,9,11,18H,1-6,8H2,(H,19,21)(H,20,23). The summed E-state index contributed by atoms with van der Waals surface area (Å²) in [6, 6.07) is -1.67. The molecule has 1 aromatic rings. The predicted octanol–water partition coefficient (Wildman–Crippen LogP) is 0.853. The topological polar surface area (TPSA) is 73.1 Å². The van der Waals surface area contributed by atoms with Crippen LogP contribution in [0.2, 0.25) is 0 Å². The van der Waals surface area contributed by atoms with Crippen LogP contribution in [-0.4, -0.2) is 65.7 Å². The molecule has 1 aliphatic heterocycles. The van der Waals surface area contributed by atoms with E-state index < -0.39 is 24.7 Å². The van der Waals surface area contributed by atoms with Gasteiger partial charge < -0.3 is 15.6 Å². The first-order valence-electron chi connectivity index (χ1n) is 7.79. The average molecular weight is 331 g/mol. The van der Waals surface area contributed by atoms with Gasteiger partial charge in [0.25, 0.3) is 5.91 Å². The SMILES string of the molecule is O=C(NCC(N1CCNCC1)C(F)(F)F)c1cnc(C2CC2)[nH]1. The summed E-state index contributed by atoms with van der Waals surface area (Å²) < 4.78 is 39.7. The zero-order chi connectivity index (χ0) is 16.4. The molecule has 23 heavy (non-hydrogen) atoms. The number of halogens is 3. The van der Waals surface area contributed by atoms with Crippen molar-refractivity contribution in [2.24, 2.45) is 0 Å². The van der Waals surface area contributed by atoms with Crippen molar-refractivity contribution in [2.45, 2.75) is 31.0 Å². The lowest BCUT2D eigenvalue weighted by molar-refractivity contribution is -0.183. The minimum atomic E-state index is -4.38. The van der Waals surface area contributed by atoms with E-state index in [1.54, 1.807) is 0 Å². The van der Waals surface area contributed by atoms with E-state index >= 15 is 0 Å². The number of aromatic amines is 1. The maximum atomic E-state index is 13.2. The third kappa shape index (κ3) is 4.03. The van der Waals surface area contributed by atoms with Crippen molar-refractivity contribution in [3.63, 3.8) is 0 Å². The molecule has 0 radical (unpaired) electrons. The molecule has 6 nitrogen and oxygen atoms in total. The summed E-state index contributed by atoms with van der Waals surface area (Å²) in [4.78, 5) is 20.4. The van der Waals surface area contributed by atoms with Crippen LogP contribution in [0.1, 0.15) is 35.1 Å². The van der Waals surface area contributed by atoms with Crippen molar-refractivity contribution >= 4 is 5.91 Å². The maximum Gasteiger partial charge on any atom is 0.405 e. The van der Waals surface area contributed by atoms with Crippen LogP contribution in [0.25, 0.3) is 0 Å². The van der Waals surface area contributed by atoms with Crippen LogP contribution in [0.15, 0.2) is 6.20 Å². The lowest BCUT2D eigenvalue weighted by atomic mass is 10.2. The fourth-order valence-electron chi connectivity index (χ4n) is 2.75. The minimum absolute atomic E-state index is 0.216. The largest absolute Gasteiger partial charge is 0.405 e. The summed E-state index contributed by atoms with van der Waals surface area (Å²) in [5.74, 6) is 0.554. The van der Waals surface area contributed by atoms with Crippen LogP contribution in [0, 0.1) is 0 Å². The summed E-state index contributed by atoms with van der Waals surface area (Å²) in [5, 5.41) is 5.40. The number of nitrogens with one attached hydrogen (secondary N) is 3. The second kappa shape index (κ2) is 6.48. The van der Waals surface area contributed by atoms with Gasteiger partial charge in [-0.15, -0.1) is 0 Å². The van der Waals surface area contributed by atoms with E-state index in [1.807, 2.05) is 0 Å². The zero-order valence-electron chi connectivity index (χ0n) is 12.6. The van der Waals surface area contributed by atoms with Gasteiger partial charge in [0.05, 0.1) is 6.20 Å². The van der Waals surface area contributed by atoms with Crippen molar-refractivity contribution in [3.05, 3.63) is 17.7 Å². The molecule has 9 heteroatoms. The number of hydrogen-bond donors (Lipinski definition) is 3. The molecule has 2 heterocycles. The Bertz CT molecular complexity index is 549. The van der Waals surface area contributed by atoms with Crippen molar-refractivity contribution in [2.75, 3.05) is 32.7 Å². The molecule has 1 saturated carbocycles. The van der Waals surface area contributed by atoms with E-state index in [9.17, 15) is 18.0 Å². The molecule has 3 rings (SSSR count). The lowest BCUT2D eigenvalue weighted by Gasteiger charge is -2.35. The zero-order valence-corrected chi connectivity index (χ0v) is 12.6. The molecule has 0 aromatic carbocycles. The van der Waals surface area contributed by atoms with Crippen LogP contribution in [0.5, 0.6) is 0 Å². The molecule has 0 bridgehead atoms. The molecule has 128 valence electrons. The third-order valence-corrected chi connectivity index (χ3v) is 4.23. The fourth-order valence-corrected chi connectivity index (χ4v) is 2.75. The number of rotatable bonds is 5. The Labute approximate surface area is 131 Å². The molecule has 1 amide bonds. The van der Waals surface area contributed by atoms with Crippen LogP contribution in [0.3, 0.4) is 0 Å². The third-order valence-electron chi connectivity index (χ3n) is 4.23. The number of carbonyl (C=O) groups excluding carboxylic acids is 1. The molecular weight excluding hydrogens is 311 g/mol. The number of alkyl halides is 3. The average Bonchev–Trinajstić information content (AvgIpc) is 3.24. The Balaban J connectivity index is 1.59. The van der Waals surface area contributed by atoms with Gasteiger partial charge in [0.15, 0.2) is 0 Å². The van der Waals surface area contributed by atoms with Gasteiger partial charge in [0, 0.05) is 38.6 Å².